The molecule has 3 rings (SSSR count). The van der Waals surface area contributed by atoms with Crippen LogP contribution in [0.3, 0.4) is 0 Å². The number of urea groups is 1. The van der Waals surface area contributed by atoms with E-state index in [9.17, 15) is 14.0 Å². The van der Waals surface area contributed by atoms with Crippen molar-refractivity contribution >= 4 is 29.4 Å². The first kappa shape index (κ1) is 18.8. The Morgan fingerprint density at radius 3 is 2.23 bits per heavy atom. The van der Waals surface area contributed by atoms with Gasteiger partial charge < -0.3 is 20.0 Å². The Bertz CT molecular complexity index is 629. The Labute approximate surface area is 157 Å². The fraction of sp³-hybridized carbons (Fsp3) is 0.556. The minimum atomic E-state index is -0.513. The average molecular weight is 380 g/mol. The van der Waals surface area contributed by atoms with Gasteiger partial charge in [-0.15, -0.1) is 0 Å². The molecule has 6 nitrogen and oxygen atoms in total. The zero-order chi connectivity index (χ0) is 18.5. The highest BCUT2D eigenvalue weighted by molar-refractivity contribution is 7.99. The van der Waals surface area contributed by atoms with Gasteiger partial charge in [-0.25, -0.2) is 9.18 Å². The van der Waals surface area contributed by atoms with Crippen LogP contribution in [0.5, 0.6) is 0 Å². The third-order valence-electron chi connectivity index (χ3n) is 4.79. The minimum Gasteiger partial charge on any atom is -0.368 e. The Morgan fingerprint density at radius 1 is 1.00 bits per heavy atom. The van der Waals surface area contributed by atoms with Crippen molar-refractivity contribution in [2.75, 3.05) is 55.7 Å². The third-order valence-corrected chi connectivity index (χ3v) is 5.73. The van der Waals surface area contributed by atoms with Crippen molar-refractivity contribution in [3.8, 4) is 0 Å². The molecule has 0 radical (unpaired) electrons. The Hall–Kier alpha value is -1.96. The monoisotopic (exact) mass is 380 g/mol. The first-order valence-electron chi connectivity index (χ1n) is 8.97. The molecule has 3 amide bonds. The zero-order valence-corrected chi connectivity index (χ0v) is 15.8. The summed E-state index contributed by atoms with van der Waals surface area (Å²) in [7, 11) is 0. The third kappa shape index (κ3) is 4.60. The molecule has 0 bridgehead atoms. The Kier molecular flexibility index (Phi) is 6.24. The summed E-state index contributed by atoms with van der Waals surface area (Å²) in [5, 5.41) is 2.83. The summed E-state index contributed by atoms with van der Waals surface area (Å²) in [6, 6.07) is 5.68. The van der Waals surface area contributed by atoms with E-state index >= 15 is 0 Å². The predicted molar refractivity (Wildman–Crippen MR) is 102 cm³/mol. The number of hydrogen-bond acceptors (Lipinski definition) is 4. The summed E-state index contributed by atoms with van der Waals surface area (Å²) in [6.07, 6.45) is 0. The van der Waals surface area contributed by atoms with Gasteiger partial charge in [-0.05, 0) is 31.2 Å². The maximum absolute atomic E-state index is 13.0. The summed E-state index contributed by atoms with van der Waals surface area (Å²) in [6.45, 7) is 5.77. The standard InChI is InChI=1S/C18H25FN4O2S/c1-14(17(24)22-10-12-26-13-11-22)20-18(25)23-8-6-21(7-9-23)16-4-2-15(19)3-5-16/h2-5,14H,6-13H2,1H3,(H,20,25)/t14-/m1/s1. The van der Waals surface area contributed by atoms with Crippen LogP contribution < -0.4 is 10.2 Å². The maximum Gasteiger partial charge on any atom is 0.318 e. The van der Waals surface area contributed by atoms with Crippen LogP contribution in [-0.2, 0) is 4.79 Å². The molecule has 1 atom stereocenters. The smallest absolute Gasteiger partial charge is 0.318 e. The number of rotatable bonds is 3. The molecule has 0 saturated carbocycles. The normalized spacial score (nSPS) is 19.2. The second-order valence-electron chi connectivity index (χ2n) is 6.56. The Balaban J connectivity index is 1.47. The van der Waals surface area contributed by atoms with Gasteiger partial charge in [0.2, 0.25) is 5.91 Å². The van der Waals surface area contributed by atoms with Gasteiger partial charge in [-0.2, -0.15) is 11.8 Å². The Morgan fingerprint density at radius 2 is 1.62 bits per heavy atom. The topological polar surface area (TPSA) is 55.9 Å². The highest BCUT2D eigenvalue weighted by atomic mass is 32.2. The number of nitrogens with one attached hydrogen (secondary N) is 1. The SMILES string of the molecule is C[C@@H](NC(=O)N1CCN(c2ccc(F)cc2)CC1)C(=O)N1CCSCC1. The summed E-state index contributed by atoms with van der Waals surface area (Å²) in [5.41, 5.74) is 0.956. The number of anilines is 1. The highest BCUT2D eigenvalue weighted by Crippen LogP contribution is 2.17. The molecular formula is C18H25FN4O2S. The lowest BCUT2D eigenvalue weighted by Gasteiger charge is -2.37. The van der Waals surface area contributed by atoms with Crippen molar-refractivity contribution in [2.45, 2.75) is 13.0 Å². The maximum atomic E-state index is 13.0. The van der Waals surface area contributed by atoms with Gasteiger partial charge in [-0.1, -0.05) is 0 Å². The van der Waals surface area contributed by atoms with Gasteiger partial charge in [0.05, 0.1) is 0 Å². The predicted octanol–water partition coefficient (Wildman–Crippen LogP) is 1.62. The molecule has 0 unspecified atom stereocenters. The van der Waals surface area contributed by atoms with E-state index in [4.69, 9.17) is 0 Å². The van der Waals surface area contributed by atoms with Gasteiger partial charge >= 0.3 is 6.03 Å². The van der Waals surface area contributed by atoms with Crippen molar-refractivity contribution in [1.82, 2.24) is 15.1 Å². The molecule has 1 aromatic carbocycles. The van der Waals surface area contributed by atoms with E-state index in [-0.39, 0.29) is 17.8 Å². The average Bonchev–Trinajstić information content (AvgIpc) is 2.68. The molecule has 1 N–H and O–H groups in total. The largest absolute Gasteiger partial charge is 0.368 e. The summed E-state index contributed by atoms with van der Waals surface area (Å²) < 4.78 is 13.0. The molecule has 0 spiro atoms. The van der Waals surface area contributed by atoms with Gasteiger partial charge in [0, 0.05) is 56.5 Å². The molecule has 2 saturated heterocycles. The van der Waals surface area contributed by atoms with Crippen LogP contribution in [0.1, 0.15) is 6.92 Å². The molecule has 2 heterocycles. The molecule has 8 heteroatoms. The number of benzene rings is 1. The number of amides is 3. The van der Waals surface area contributed by atoms with Crippen LogP contribution in [0.4, 0.5) is 14.9 Å². The molecule has 2 fully saturated rings. The lowest BCUT2D eigenvalue weighted by Crippen LogP contribution is -2.56. The van der Waals surface area contributed by atoms with Gasteiger partial charge in [0.1, 0.15) is 11.9 Å². The van der Waals surface area contributed by atoms with Gasteiger partial charge in [-0.3, -0.25) is 4.79 Å². The number of nitrogens with zero attached hydrogens (tertiary/aromatic N) is 3. The number of piperazine rings is 1. The van der Waals surface area contributed by atoms with Crippen molar-refractivity contribution < 1.29 is 14.0 Å². The number of carbonyl (C=O) groups excluding carboxylic acids is 2. The number of hydrogen-bond donors (Lipinski definition) is 1. The lowest BCUT2D eigenvalue weighted by atomic mass is 10.2. The first-order chi connectivity index (χ1) is 12.5. The van der Waals surface area contributed by atoms with Gasteiger partial charge in [0.15, 0.2) is 0 Å². The highest BCUT2D eigenvalue weighted by Gasteiger charge is 2.27. The second kappa shape index (κ2) is 8.62. The zero-order valence-electron chi connectivity index (χ0n) is 15.0. The number of thioether (sulfide) groups is 1. The fourth-order valence-electron chi connectivity index (χ4n) is 3.22. The van der Waals surface area contributed by atoms with Crippen LogP contribution in [0.15, 0.2) is 24.3 Å². The van der Waals surface area contributed by atoms with E-state index in [1.165, 1.54) is 12.1 Å². The molecule has 2 aliphatic heterocycles. The van der Waals surface area contributed by atoms with Crippen molar-refractivity contribution in [3.63, 3.8) is 0 Å². The quantitative estimate of drug-likeness (QED) is 0.866. The molecule has 142 valence electrons. The van der Waals surface area contributed by atoms with E-state index < -0.39 is 6.04 Å². The minimum absolute atomic E-state index is 0.0106. The van der Waals surface area contributed by atoms with Crippen LogP contribution in [0.25, 0.3) is 0 Å². The fourth-order valence-corrected chi connectivity index (χ4v) is 4.12. The molecule has 1 aromatic rings. The molecular weight excluding hydrogens is 355 g/mol. The van der Waals surface area contributed by atoms with Gasteiger partial charge in [0.25, 0.3) is 0 Å². The van der Waals surface area contributed by atoms with E-state index in [2.05, 4.69) is 10.2 Å². The van der Waals surface area contributed by atoms with E-state index in [1.54, 1.807) is 24.0 Å². The first-order valence-corrected chi connectivity index (χ1v) is 10.1. The summed E-state index contributed by atoms with van der Waals surface area (Å²) >= 11 is 1.85. The number of halogens is 1. The van der Waals surface area contributed by atoms with Crippen LogP contribution in [0, 0.1) is 5.82 Å². The summed E-state index contributed by atoms with van der Waals surface area (Å²) in [5.74, 6) is 1.65. The van der Waals surface area contributed by atoms with E-state index in [0.717, 1.165) is 30.3 Å². The van der Waals surface area contributed by atoms with Crippen molar-refractivity contribution in [3.05, 3.63) is 30.1 Å². The lowest BCUT2D eigenvalue weighted by molar-refractivity contribution is -0.132. The molecule has 26 heavy (non-hydrogen) atoms. The molecule has 0 aromatic heterocycles. The summed E-state index contributed by atoms with van der Waals surface area (Å²) in [4.78, 5) is 30.6. The van der Waals surface area contributed by atoms with Crippen LogP contribution in [-0.4, -0.2) is 78.6 Å². The van der Waals surface area contributed by atoms with Crippen molar-refractivity contribution in [2.24, 2.45) is 0 Å². The number of carbonyl (C=O) groups is 2. The van der Waals surface area contributed by atoms with Crippen LogP contribution >= 0.6 is 11.8 Å². The van der Waals surface area contributed by atoms with Crippen LogP contribution in [0.2, 0.25) is 0 Å². The van der Waals surface area contributed by atoms with E-state index in [1.807, 2.05) is 16.7 Å². The van der Waals surface area contributed by atoms with Crippen molar-refractivity contribution in [1.29, 1.82) is 0 Å². The second-order valence-corrected chi connectivity index (χ2v) is 7.78. The van der Waals surface area contributed by atoms with E-state index in [0.29, 0.717) is 26.2 Å². The molecule has 2 aliphatic rings. The molecule has 0 aliphatic carbocycles.